The summed E-state index contributed by atoms with van der Waals surface area (Å²) in [6.07, 6.45) is 8.98. The third kappa shape index (κ3) is 2.25. The molecule has 1 aliphatic heterocycles. The summed E-state index contributed by atoms with van der Waals surface area (Å²) in [4.78, 5) is 15.6. The van der Waals surface area contributed by atoms with E-state index in [1.807, 2.05) is 18.5 Å². The van der Waals surface area contributed by atoms with Gasteiger partial charge in [0.1, 0.15) is 0 Å². The lowest BCUT2D eigenvalue weighted by molar-refractivity contribution is 0.355. The van der Waals surface area contributed by atoms with Crippen molar-refractivity contribution in [3.63, 3.8) is 0 Å². The number of hydrogen-bond acceptors (Lipinski definition) is 6. The summed E-state index contributed by atoms with van der Waals surface area (Å²) >= 11 is 0. The second-order valence-corrected chi connectivity index (χ2v) is 6.42. The number of hydrogen-bond donors (Lipinski definition) is 0. The normalized spacial score (nSPS) is 21.2. The smallest absolute Gasteiger partial charge is 0.231 e. The minimum absolute atomic E-state index is 0.315. The highest BCUT2D eigenvalue weighted by Crippen LogP contribution is 2.39. The Labute approximate surface area is 133 Å². The highest BCUT2D eigenvalue weighted by Gasteiger charge is 2.33. The topological polar surface area (TPSA) is 67.9 Å². The lowest BCUT2D eigenvalue weighted by Crippen LogP contribution is -2.19. The molecule has 0 unspecified atom stereocenters. The van der Waals surface area contributed by atoms with Crippen LogP contribution in [-0.2, 0) is 0 Å². The first kappa shape index (κ1) is 13.0. The molecule has 4 heterocycles. The Morgan fingerprint density at radius 2 is 2.04 bits per heavy atom. The molecule has 0 amide bonds. The number of rotatable bonds is 3. The van der Waals surface area contributed by atoms with E-state index in [-0.39, 0.29) is 0 Å². The summed E-state index contributed by atoms with van der Waals surface area (Å²) in [5.74, 6) is 2.55. The second-order valence-electron chi connectivity index (χ2n) is 6.42. The van der Waals surface area contributed by atoms with Crippen LogP contribution >= 0.6 is 0 Å². The van der Waals surface area contributed by atoms with E-state index in [1.165, 1.54) is 18.5 Å². The Morgan fingerprint density at radius 1 is 1.09 bits per heavy atom. The van der Waals surface area contributed by atoms with E-state index < -0.39 is 0 Å². The van der Waals surface area contributed by atoms with Crippen molar-refractivity contribution in [2.45, 2.75) is 31.1 Å². The SMILES string of the molecule is c1cc2nccc(N3CC[C@H](c4nc(C5CC5)no4)C3)c2cn1. The number of aromatic nitrogens is 4. The monoisotopic (exact) mass is 307 g/mol. The lowest BCUT2D eigenvalue weighted by Gasteiger charge is -2.19. The molecule has 23 heavy (non-hydrogen) atoms. The third-order valence-corrected chi connectivity index (χ3v) is 4.80. The second kappa shape index (κ2) is 5.01. The van der Waals surface area contributed by atoms with Gasteiger partial charge in [0.2, 0.25) is 5.89 Å². The Morgan fingerprint density at radius 3 is 2.96 bits per heavy atom. The molecule has 0 bridgehead atoms. The minimum atomic E-state index is 0.315. The van der Waals surface area contributed by atoms with Crippen LogP contribution in [0.25, 0.3) is 10.9 Å². The summed E-state index contributed by atoms with van der Waals surface area (Å²) < 4.78 is 5.51. The van der Waals surface area contributed by atoms with Crippen LogP contribution in [0.5, 0.6) is 0 Å². The van der Waals surface area contributed by atoms with Crippen LogP contribution in [0.4, 0.5) is 5.69 Å². The summed E-state index contributed by atoms with van der Waals surface area (Å²) in [6, 6.07) is 4.02. The predicted octanol–water partition coefficient (Wildman–Crippen LogP) is 2.88. The third-order valence-electron chi connectivity index (χ3n) is 4.80. The number of fused-ring (bicyclic) bond motifs is 1. The molecule has 2 aliphatic rings. The fraction of sp³-hybridized carbons (Fsp3) is 0.412. The zero-order chi connectivity index (χ0) is 15.2. The molecule has 0 spiro atoms. The van der Waals surface area contributed by atoms with Gasteiger partial charge in [0.15, 0.2) is 5.82 Å². The highest BCUT2D eigenvalue weighted by molar-refractivity contribution is 5.90. The van der Waals surface area contributed by atoms with Crippen molar-refractivity contribution >= 4 is 16.6 Å². The average molecular weight is 307 g/mol. The van der Waals surface area contributed by atoms with Crippen molar-refractivity contribution in [1.29, 1.82) is 0 Å². The number of pyridine rings is 2. The summed E-state index contributed by atoms with van der Waals surface area (Å²) in [5.41, 5.74) is 2.17. The molecule has 6 heteroatoms. The Hall–Kier alpha value is -2.50. The summed E-state index contributed by atoms with van der Waals surface area (Å²) in [7, 11) is 0. The van der Waals surface area contributed by atoms with Crippen LogP contribution < -0.4 is 4.90 Å². The van der Waals surface area contributed by atoms with Gasteiger partial charge in [-0.1, -0.05) is 5.16 Å². The van der Waals surface area contributed by atoms with Crippen LogP contribution in [0.2, 0.25) is 0 Å². The van der Waals surface area contributed by atoms with E-state index in [2.05, 4.69) is 31.1 Å². The summed E-state index contributed by atoms with van der Waals surface area (Å²) in [6.45, 7) is 1.89. The summed E-state index contributed by atoms with van der Waals surface area (Å²) in [5, 5.41) is 5.24. The lowest BCUT2D eigenvalue weighted by atomic mass is 10.1. The van der Waals surface area contributed by atoms with Crippen molar-refractivity contribution in [3.8, 4) is 0 Å². The molecule has 0 radical (unpaired) electrons. The molecule has 5 rings (SSSR count). The Bertz CT molecular complexity index is 852. The van der Waals surface area contributed by atoms with E-state index in [0.717, 1.165) is 42.1 Å². The van der Waals surface area contributed by atoms with Gasteiger partial charge in [0.25, 0.3) is 0 Å². The Balaban J connectivity index is 1.42. The fourth-order valence-electron chi connectivity index (χ4n) is 3.35. The maximum Gasteiger partial charge on any atom is 0.231 e. The molecule has 116 valence electrons. The molecular weight excluding hydrogens is 290 g/mol. The van der Waals surface area contributed by atoms with Crippen LogP contribution in [0.15, 0.2) is 35.2 Å². The van der Waals surface area contributed by atoms with Crippen LogP contribution in [-0.4, -0.2) is 33.2 Å². The minimum Gasteiger partial charge on any atom is -0.370 e. The van der Waals surface area contributed by atoms with E-state index in [1.54, 1.807) is 6.20 Å². The fourth-order valence-corrected chi connectivity index (χ4v) is 3.35. The number of nitrogens with zero attached hydrogens (tertiary/aromatic N) is 5. The molecule has 0 aromatic carbocycles. The van der Waals surface area contributed by atoms with E-state index >= 15 is 0 Å². The largest absolute Gasteiger partial charge is 0.370 e. The van der Waals surface area contributed by atoms with Crippen molar-refractivity contribution in [3.05, 3.63) is 42.4 Å². The van der Waals surface area contributed by atoms with E-state index in [0.29, 0.717) is 11.8 Å². The van der Waals surface area contributed by atoms with Crippen molar-refractivity contribution < 1.29 is 4.52 Å². The van der Waals surface area contributed by atoms with Gasteiger partial charge in [0, 0.05) is 48.7 Å². The molecule has 3 aromatic rings. The maximum atomic E-state index is 5.51. The first-order valence-corrected chi connectivity index (χ1v) is 8.15. The van der Waals surface area contributed by atoms with Crippen molar-refractivity contribution in [1.82, 2.24) is 20.1 Å². The van der Waals surface area contributed by atoms with Gasteiger partial charge in [-0.15, -0.1) is 0 Å². The average Bonchev–Trinajstić information content (AvgIpc) is 3.13. The first-order valence-electron chi connectivity index (χ1n) is 8.15. The molecule has 6 nitrogen and oxygen atoms in total. The van der Waals surface area contributed by atoms with Gasteiger partial charge in [-0.3, -0.25) is 9.97 Å². The van der Waals surface area contributed by atoms with E-state index in [9.17, 15) is 0 Å². The molecule has 3 aromatic heterocycles. The van der Waals surface area contributed by atoms with Gasteiger partial charge in [0.05, 0.1) is 11.4 Å². The Kier molecular flexibility index (Phi) is 2.83. The maximum absolute atomic E-state index is 5.51. The standard InChI is InChI=1S/C17H17N5O/c1-2-11(1)16-20-17(23-21-16)12-5-8-22(10-12)15-4-7-19-14-3-6-18-9-13(14)15/h3-4,6-7,9,11-12H,1-2,5,8,10H2/t12-/m0/s1. The molecule has 1 atom stereocenters. The molecule has 2 fully saturated rings. The zero-order valence-electron chi connectivity index (χ0n) is 12.7. The first-order chi connectivity index (χ1) is 11.4. The van der Waals surface area contributed by atoms with Gasteiger partial charge >= 0.3 is 0 Å². The zero-order valence-corrected chi connectivity index (χ0v) is 12.7. The van der Waals surface area contributed by atoms with Crippen LogP contribution in [0.3, 0.4) is 0 Å². The van der Waals surface area contributed by atoms with Crippen molar-refractivity contribution in [2.75, 3.05) is 18.0 Å². The molecule has 0 N–H and O–H groups in total. The molecule has 1 saturated carbocycles. The molecular formula is C17H17N5O. The van der Waals surface area contributed by atoms with Crippen LogP contribution in [0.1, 0.15) is 42.8 Å². The number of anilines is 1. The van der Waals surface area contributed by atoms with Gasteiger partial charge in [-0.05, 0) is 31.4 Å². The van der Waals surface area contributed by atoms with Gasteiger partial charge < -0.3 is 9.42 Å². The highest BCUT2D eigenvalue weighted by atomic mass is 16.5. The van der Waals surface area contributed by atoms with Crippen LogP contribution in [0, 0.1) is 0 Å². The van der Waals surface area contributed by atoms with Gasteiger partial charge in [-0.25, -0.2) is 0 Å². The van der Waals surface area contributed by atoms with Crippen molar-refractivity contribution in [2.24, 2.45) is 0 Å². The van der Waals surface area contributed by atoms with E-state index in [4.69, 9.17) is 4.52 Å². The molecule has 1 saturated heterocycles. The predicted molar refractivity (Wildman–Crippen MR) is 85.4 cm³/mol. The molecule has 1 aliphatic carbocycles. The quantitative estimate of drug-likeness (QED) is 0.741. The van der Waals surface area contributed by atoms with Gasteiger partial charge in [-0.2, -0.15) is 4.98 Å².